The van der Waals surface area contributed by atoms with Crippen LogP contribution in [0.4, 0.5) is 0 Å². The van der Waals surface area contributed by atoms with Gasteiger partial charge in [-0.1, -0.05) is 0 Å². The fourth-order valence-corrected chi connectivity index (χ4v) is 2.50. The first-order chi connectivity index (χ1) is 7.76. The predicted molar refractivity (Wildman–Crippen MR) is 64.6 cm³/mol. The molecular weight excluding hydrogens is 202 g/mol. The molecule has 0 bridgehead atoms. The molecule has 2 aliphatic rings. The summed E-state index contributed by atoms with van der Waals surface area (Å²) < 4.78 is 10.6. The summed E-state index contributed by atoms with van der Waals surface area (Å²) in [5.41, 5.74) is 0.559. The van der Waals surface area contributed by atoms with Gasteiger partial charge in [0.05, 0.1) is 6.61 Å². The van der Waals surface area contributed by atoms with Crippen LogP contribution >= 0.6 is 0 Å². The first kappa shape index (κ1) is 12.3. The second-order valence-corrected chi connectivity index (χ2v) is 5.54. The van der Waals surface area contributed by atoms with Crippen LogP contribution in [0, 0.1) is 11.3 Å². The number of ether oxygens (including phenoxy) is 2. The zero-order chi connectivity index (χ0) is 11.4. The van der Waals surface area contributed by atoms with Gasteiger partial charge in [-0.15, -0.1) is 0 Å². The summed E-state index contributed by atoms with van der Waals surface area (Å²) in [6.45, 7) is 6.26. The van der Waals surface area contributed by atoms with E-state index in [9.17, 15) is 0 Å². The van der Waals surface area contributed by atoms with E-state index >= 15 is 0 Å². The number of nitrogens with one attached hydrogen (secondary N) is 1. The molecule has 0 aromatic rings. The van der Waals surface area contributed by atoms with Crippen LogP contribution in [0.2, 0.25) is 0 Å². The first-order valence-corrected chi connectivity index (χ1v) is 6.56. The van der Waals surface area contributed by atoms with E-state index in [1.165, 1.54) is 25.7 Å². The van der Waals surface area contributed by atoms with Crippen molar-refractivity contribution in [2.24, 2.45) is 11.3 Å². The van der Waals surface area contributed by atoms with Gasteiger partial charge in [0, 0.05) is 32.9 Å². The topological polar surface area (TPSA) is 30.5 Å². The van der Waals surface area contributed by atoms with Gasteiger partial charge in [0.2, 0.25) is 0 Å². The molecule has 1 heterocycles. The highest BCUT2D eigenvalue weighted by Crippen LogP contribution is 2.48. The lowest BCUT2D eigenvalue weighted by Crippen LogP contribution is -2.38. The minimum Gasteiger partial charge on any atom is -0.385 e. The highest BCUT2D eigenvalue weighted by Gasteiger charge is 2.42. The fraction of sp³-hybridized carbons (Fsp3) is 1.00. The van der Waals surface area contributed by atoms with E-state index in [4.69, 9.17) is 9.47 Å². The van der Waals surface area contributed by atoms with Crippen LogP contribution in [-0.2, 0) is 9.47 Å². The van der Waals surface area contributed by atoms with Crippen LogP contribution < -0.4 is 5.32 Å². The summed E-state index contributed by atoms with van der Waals surface area (Å²) in [6.07, 6.45) is 5.18. The molecule has 1 saturated carbocycles. The summed E-state index contributed by atoms with van der Waals surface area (Å²) in [5.74, 6) is 0.721. The van der Waals surface area contributed by atoms with Crippen LogP contribution in [0.3, 0.4) is 0 Å². The van der Waals surface area contributed by atoms with E-state index in [1.54, 1.807) is 7.11 Å². The number of methoxy groups -OCH3 is 1. The molecule has 1 saturated heterocycles. The maximum absolute atomic E-state index is 5.43. The van der Waals surface area contributed by atoms with Crippen molar-refractivity contribution in [1.82, 2.24) is 5.32 Å². The smallest absolute Gasteiger partial charge is 0.0509 e. The van der Waals surface area contributed by atoms with E-state index in [2.05, 4.69) is 12.2 Å². The third-order valence-corrected chi connectivity index (χ3v) is 4.26. The van der Waals surface area contributed by atoms with Crippen LogP contribution in [0.25, 0.3) is 0 Å². The molecule has 2 unspecified atom stereocenters. The molecule has 0 radical (unpaired) electrons. The molecule has 2 rings (SSSR count). The molecule has 1 aliphatic heterocycles. The minimum absolute atomic E-state index is 0.559. The van der Waals surface area contributed by atoms with Crippen LogP contribution in [0.5, 0.6) is 0 Å². The van der Waals surface area contributed by atoms with Crippen molar-refractivity contribution in [3.05, 3.63) is 0 Å². The highest BCUT2D eigenvalue weighted by atomic mass is 16.5. The van der Waals surface area contributed by atoms with E-state index in [-0.39, 0.29) is 0 Å². The number of hydrogen-bond donors (Lipinski definition) is 1. The van der Waals surface area contributed by atoms with Crippen molar-refractivity contribution in [2.75, 3.05) is 33.5 Å². The monoisotopic (exact) mass is 227 g/mol. The molecule has 0 aromatic heterocycles. The van der Waals surface area contributed by atoms with Gasteiger partial charge in [0.25, 0.3) is 0 Å². The predicted octanol–water partition coefficient (Wildman–Crippen LogP) is 1.82. The third-order valence-electron chi connectivity index (χ3n) is 4.26. The summed E-state index contributed by atoms with van der Waals surface area (Å²) >= 11 is 0. The zero-order valence-electron chi connectivity index (χ0n) is 10.6. The standard InChI is InChI=1S/C13H25NO2/c1-11(12-3-7-16-9-12)14-10-13(4-5-13)6-8-15-2/h11-12,14H,3-10H2,1-2H3. The van der Waals surface area contributed by atoms with E-state index in [0.29, 0.717) is 11.5 Å². The van der Waals surface area contributed by atoms with Gasteiger partial charge in [-0.2, -0.15) is 0 Å². The van der Waals surface area contributed by atoms with Crippen LogP contribution in [0.1, 0.15) is 32.6 Å². The maximum atomic E-state index is 5.43. The Morgan fingerprint density at radius 2 is 2.31 bits per heavy atom. The molecule has 0 aromatic carbocycles. The van der Waals surface area contributed by atoms with Crippen molar-refractivity contribution in [3.8, 4) is 0 Å². The Bertz CT molecular complexity index is 210. The Hall–Kier alpha value is -0.120. The fourth-order valence-electron chi connectivity index (χ4n) is 2.50. The molecule has 16 heavy (non-hydrogen) atoms. The molecule has 94 valence electrons. The van der Waals surface area contributed by atoms with Gasteiger partial charge < -0.3 is 14.8 Å². The average molecular weight is 227 g/mol. The molecule has 1 N–H and O–H groups in total. The summed E-state index contributed by atoms with van der Waals surface area (Å²) in [7, 11) is 1.79. The van der Waals surface area contributed by atoms with Crippen LogP contribution in [0.15, 0.2) is 0 Å². The quantitative estimate of drug-likeness (QED) is 0.719. The Labute approximate surface area is 98.9 Å². The molecule has 2 atom stereocenters. The molecule has 1 aliphatic carbocycles. The lowest BCUT2D eigenvalue weighted by Gasteiger charge is -2.23. The molecule has 3 heteroatoms. The van der Waals surface area contributed by atoms with Crippen molar-refractivity contribution in [3.63, 3.8) is 0 Å². The van der Waals surface area contributed by atoms with Crippen molar-refractivity contribution >= 4 is 0 Å². The Kier molecular flexibility index (Phi) is 4.22. The minimum atomic E-state index is 0.559. The Morgan fingerprint density at radius 1 is 1.50 bits per heavy atom. The average Bonchev–Trinajstić information content (AvgIpc) is 2.85. The Morgan fingerprint density at radius 3 is 2.88 bits per heavy atom. The van der Waals surface area contributed by atoms with E-state index < -0.39 is 0 Å². The summed E-state index contributed by atoms with van der Waals surface area (Å²) in [4.78, 5) is 0. The normalized spacial score (nSPS) is 29.2. The van der Waals surface area contributed by atoms with Gasteiger partial charge in [-0.05, 0) is 43.9 Å². The highest BCUT2D eigenvalue weighted by molar-refractivity contribution is 4.95. The molecule has 2 fully saturated rings. The summed E-state index contributed by atoms with van der Waals surface area (Å²) in [6, 6.07) is 0.600. The first-order valence-electron chi connectivity index (χ1n) is 6.56. The van der Waals surface area contributed by atoms with Gasteiger partial charge in [0.1, 0.15) is 0 Å². The second kappa shape index (κ2) is 5.48. The SMILES string of the molecule is COCCC1(CNC(C)C2CCOC2)CC1. The third kappa shape index (κ3) is 3.19. The molecular formula is C13H25NO2. The van der Waals surface area contributed by atoms with E-state index in [1.807, 2.05) is 0 Å². The zero-order valence-corrected chi connectivity index (χ0v) is 10.6. The lowest BCUT2D eigenvalue weighted by molar-refractivity contribution is 0.164. The second-order valence-electron chi connectivity index (χ2n) is 5.54. The molecule has 0 amide bonds. The number of rotatable bonds is 7. The summed E-state index contributed by atoms with van der Waals surface area (Å²) in [5, 5.41) is 3.70. The largest absolute Gasteiger partial charge is 0.385 e. The van der Waals surface area contributed by atoms with Crippen molar-refractivity contribution < 1.29 is 9.47 Å². The molecule has 3 nitrogen and oxygen atoms in total. The van der Waals surface area contributed by atoms with Gasteiger partial charge in [-0.25, -0.2) is 0 Å². The van der Waals surface area contributed by atoms with Gasteiger partial charge in [-0.3, -0.25) is 0 Å². The number of hydrogen-bond acceptors (Lipinski definition) is 3. The van der Waals surface area contributed by atoms with Gasteiger partial charge >= 0.3 is 0 Å². The van der Waals surface area contributed by atoms with Crippen molar-refractivity contribution in [2.45, 2.75) is 38.6 Å². The van der Waals surface area contributed by atoms with Gasteiger partial charge in [0.15, 0.2) is 0 Å². The molecule has 0 spiro atoms. The lowest BCUT2D eigenvalue weighted by atomic mass is 9.98. The Balaban J connectivity index is 1.66. The maximum Gasteiger partial charge on any atom is 0.0509 e. The van der Waals surface area contributed by atoms with E-state index in [0.717, 1.165) is 32.3 Å². The van der Waals surface area contributed by atoms with Crippen LogP contribution in [-0.4, -0.2) is 39.5 Å². The van der Waals surface area contributed by atoms with Crippen molar-refractivity contribution in [1.29, 1.82) is 0 Å².